The largest absolute Gasteiger partial charge is 0.494 e. The predicted octanol–water partition coefficient (Wildman–Crippen LogP) is 10.4. The molecule has 83 heavy (non-hydrogen) atoms. The molecule has 0 aromatic heterocycles. The highest BCUT2D eigenvalue weighted by atomic mass is 32.2. The van der Waals surface area contributed by atoms with Crippen LogP contribution < -0.4 is 31.3 Å². The minimum atomic E-state index is -1.50. The van der Waals surface area contributed by atoms with E-state index in [2.05, 4.69) is 26.6 Å². The second kappa shape index (κ2) is 28.7. The topological polar surface area (TPSA) is 199 Å². The molecule has 0 fully saturated rings. The SMILES string of the molecule is CCOc1ccc(COC(=O)[C@H](CSC(c2ccccc2)(c2ccccc2)c2ccccc2)NC(=O)[C@H](CC)NC(=O)[C@H](CNC(=O)[C@@H](Cc2ccccc2)NC(=O)OCC2c3ccccc3-c3ccccc32)NC(=O)OC(C)(C)C)cc1. The number of esters is 1. The van der Waals surface area contributed by atoms with Crippen LogP contribution in [-0.2, 0) is 51.2 Å². The number of nitrogens with one attached hydrogen (secondary N) is 5. The third kappa shape index (κ3) is 16.0. The van der Waals surface area contributed by atoms with Gasteiger partial charge in [-0.2, -0.15) is 0 Å². The lowest BCUT2D eigenvalue weighted by Gasteiger charge is -2.36. The van der Waals surface area contributed by atoms with Gasteiger partial charge in [0, 0.05) is 24.6 Å². The first kappa shape index (κ1) is 60.2. The van der Waals surface area contributed by atoms with E-state index in [9.17, 15) is 28.8 Å². The van der Waals surface area contributed by atoms with E-state index in [1.165, 1.54) is 11.8 Å². The average molecular weight is 1140 g/mol. The van der Waals surface area contributed by atoms with Crippen molar-refractivity contribution in [3.63, 3.8) is 0 Å². The zero-order valence-corrected chi connectivity index (χ0v) is 48.1. The van der Waals surface area contributed by atoms with E-state index in [1.54, 1.807) is 52.0 Å². The van der Waals surface area contributed by atoms with Gasteiger partial charge < -0.3 is 45.5 Å². The molecule has 1 aliphatic carbocycles. The summed E-state index contributed by atoms with van der Waals surface area (Å²) >= 11 is 1.45. The smallest absolute Gasteiger partial charge is 0.408 e. The number of amides is 5. The molecule has 0 bridgehead atoms. The van der Waals surface area contributed by atoms with Gasteiger partial charge in [-0.05, 0) is 96.3 Å². The van der Waals surface area contributed by atoms with Crippen molar-refractivity contribution in [2.24, 2.45) is 0 Å². The zero-order chi connectivity index (χ0) is 58.8. The van der Waals surface area contributed by atoms with Gasteiger partial charge in [0.05, 0.1) is 11.4 Å². The molecule has 8 rings (SSSR count). The van der Waals surface area contributed by atoms with Gasteiger partial charge in [0.15, 0.2) is 0 Å². The zero-order valence-electron chi connectivity index (χ0n) is 47.3. The monoisotopic (exact) mass is 1140 g/mol. The second-order valence-electron chi connectivity index (χ2n) is 21.0. The van der Waals surface area contributed by atoms with E-state index < -0.39 is 76.9 Å². The predicted molar refractivity (Wildman–Crippen MR) is 322 cm³/mol. The van der Waals surface area contributed by atoms with Crippen molar-refractivity contribution in [1.82, 2.24) is 26.6 Å². The van der Waals surface area contributed by atoms with Crippen molar-refractivity contribution in [3.8, 4) is 16.9 Å². The number of fused-ring (bicyclic) bond motifs is 3. The number of hydrogen-bond donors (Lipinski definition) is 5. The molecule has 0 saturated carbocycles. The van der Waals surface area contributed by atoms with Crippen molar-refractivity contribution in [2.45, 2.75) is 94.5 Å². The molecule has 0 radical (unpaired) electrons. The maximum Gasteiger partial charge on any atom is 0.408 e. The molecular weight excluding hydrogens is 1070 g/mol. The van der Waals surface area contributed by atoms with Crippen molar-refractivity contribution in [3.05, 3.63) is 233 Å². The molecule has 5 amide bonds. The Kier molecular flexibility index (Phi) is 20.8. The number of thioether (sulfide) groups is 1. The first-order valence-electron chi connectivity index (χ1n) is 27.9. The van der Waals surface area contributed by atoms with Gasteiger partial charge in [0.1, 0.15) is 48.7 Å². The molecule has 0 aliphatic heterocycles. The van der Waals surface area contributed by atoms with Crippen LogP contribution in [0.4, 0.5) is 9.59 Å². The molecule has 4 atom stereocenters. The lowest BCUT2D eigenvalue weighted by Crippen LogP contribution is -2.59. The van der Waals surface area contributed by atoms with E-state index in [-0.39, 0.29) is 37.7 Å². The summed E-state index contributed by atoms with van der Waals surface area (Å²) in [6.07, 6.45) is -1.69. The standard InChI is InChI=1S/C67H71N5O10S/c1-6-56(61(74)70-59(63(76)80-42-46-36-38-50(39-37-46)79-7-2)44-83-67(47-26-14-9-15-27-47,48-28-16-10-17-29-48)49-30-18-11-19-31-49)69-62(75)58(72-65(78)82-66(3,4)5)41-68-60(73)57(40-45-24-12-8-13-25-45)71-64(77)81-43-55-53-34-22-20-32-51(53)52-33-21-23-35-54(52)55/h8-39,55-59H,6-7,40-44H2,1-5H3,(H,68,73)(H,69,75)(H,70,74)(H,71,77)(H,72,78)/t56-,57+,58-,59-/m0/s1. The number of ether oxygens (including phenoxy) is 4. The second-order valence-corrected chi connectivity index (χ2v) is 22.2. The average Bonchev–Trinajstić information content (AvgIpc) is 4.06. The van der Waals surface area contributed by atoms with Crippen molar-refractivity contribution < 1.29 is 47.7 Å². The highest BCUT2D eigenvalue weighted by Crippen LogP contribution is 2.49. The summed E-state index contributed by atoms with van der Waals surface area (Å²) in [5, 5.41) is 13.7. The van der Waals surface area contributed by atoms with Crippen LogP contribution in [0.3, 0.4) is 0 Å². The minimum Gasteiger partial charge on any atom is -0.494 e. The fourth-order valence-electron chi connectivity index (χ4n) is 9.97. The first-order chi connectivity index (χ1) is 40.1. The van der Waals surface area contributed by atoms with Crippen LogP contribution >= 0.6 is 11.8 Å². The summed E-state index contributed by atoms with van der Waals surface area (Å²) in [5.74, 6) is -2.50. The Bertz CT molecular complexity index is 3150. The highest BCUT2D eigenvalue weighted by Gasteiger charge is 2.40. The molecule has 0 heterocycles. The minimum absolute atomic E-state index is 0.00807. The Labute approximate surface area is 489 Å². The molecule has 5 N–H and O–H groups in total. The van der Waals surface area contributed by atoms with E-state index >= 15 is 0 Å². The lowest BCUT2D eigenvalue weighted by molar-refractivity contribution is -0.148. The summed E-state index contributed by atoms with van der Waals surface area (Å²) in [4.78, 5) is 85.1. The Balaban J connectivity index is 1.01. The number of rotatable bonds is 25. The molecule has 1 aliphatic rings. The van der Waals surface area contributed by atoms with Crippen LogP contribution in [0.15, 0.2) is 194 Å². The summed E-state index contributed by atoms with van der Waals surface area (Å²) in [6.45, 7) is 8.45. The van der Waals surface area contributed by atoms with Gasteiger partial charge in [-0.15, -0.1) is 11.8 Å². The quantitative estimate of drug-likeness (QED) is 0.0207. The maximum absolute atomic E-state index is 14.7. The lowest BCUT2D eigenvalue weighted by atomic mass is 9.84. The fraction of sp³-hybridized carbons (Fsp3) is 0.284. The van der Waals surface area contributed by atoms with Crippen LogP contribution in [0.5, 0.6) is 5.75 Å². The van der Waals surface area contributed by atoms with Gasteiger partial charge in [0.25, 0.3) is 0 Å². The van der Waals surface area contributed by atoms with E-state index in [4.69, 9.17) is 18.9 Å². The fourth-order valence-corrected chi connectivity index (χ4v) is 11.5. The number of alkyl carbamates (subject to hydrolysis) is 2. The number of benzene rings is 7. The van der Waals surface area contributed by atoms with Crippen LogP contribution in [0.25, 0.3) is 11.1 Å². The first-order valence-corrected chi connectivity index (χ1v) is 28.9. The molecule has 430 valence electrons. The Morgan fingerprint density at radius 2 is 1.00 bits per heavy atom. The van der Waals surface area contributed by atoms with Gasteiger partial charge >= 0.3 is 18.2 Å². The summed E-state index contributed by atoms with van der Waals surface area (Å²) in [7, 11) is 0. The molecule has 0 unspecified atom stereocenters. The van der Waals surface area contributed by atoms with Crippen molar-refractivity contribution in [2.75, 3.05) is 25.5 Å². The van der Waals surface area contributed by atoms with Gasteiger partial charge in [0.2, 0.25) is 17.7 Å². The molecule has 7 aromatic carbocycles. The Hall–Kier alpha value is -8.89. The van der Waals surface area contributed by atoms with E-state index in [0.29, 0.717) is 17.9 Å². The Morgan fingerprint density at radius 3 is 1.53 bits per heavy atom. The molecule has 15 nitrogen and oxygen atoms in total. The molecular formula is C67H71N5O10S. The van der Waals surface area contributed by atoms with Crippen LogP contribution in [0, 0.1) is 0 Å². The van der Waals surface area contributed by atoms with Crippen LogP contribution in [0.1, 0.15) is 85.9 Å². The van der Waals surface area contributed by atoms with Crippen LogP contribution in [0.2, 0.25) is 0 Å². The van der Waals surface area contributed by atoms with Gasteiger partial charge in [-0.25, -0.2) is 14.4 Å². The summed E-state index contributed by atoms with van der Waals surface area (Å²) in [5.41, 5.74) is 7.42. The molecule has 16 heteroatoms. The van der Waals surface area contributed by atoms with E-state index in [1.807, 2.05) is 177 Å². The van der Waals surface area contributed by atoms with Crippen molar-refractivity contribution in [1.29, 1.82) is 0 Å². The third-order valence-corrected chi connectivity index (χ3v) is 15.6. The number of carbonyl (C=O) groups is 6. The third-order valence-electron chi connectivity index (χ3n) is 14.0. The van der Waals surface area contributed by atoms with Crippen molar-refractivity contribution >= 4 is 47.6 Å². The van der Waals surface area contributed by atoms with Crippen LogP contribution in [-0.4, -0.2) is 91.2 Å². The normalized spacial score (nSPS) is 13.3. The van der Waals surface area contributed by atoms with E-state index in [0.717, 1.165) is 44.5 Å². The Morgan fingerprint density at radius 1 is 0.506 bits per heavy atom. The van der Waals surface area contributed by atoms with Gasteiger partial charge in [-0.3, -0.25) is 14.4 Å². The number of hydrogen-bond acceptors (Lipinski definition) is 11. The molecule has 7 aromatic rings. The highest BCUT2D eigenvalue weighted by molar-refractivity contribution is 8.00. The summed E-state index contributed by atoms with van der Waals surface area (Å²) in [6, 6.07) is 56.7. The summed E-state index contributed by atoms with van der Waals surface area (Å²) < 4.78 is 22.1. The maximum atomic E-state index is 14.7. The number of carbonyl (C=O) groups excluding carboxylic acids is 6. The molecule has 0 saturated heterocycles. The molecule has 0 spiro atoms. The van der Waals surface area contributed by atoms with Gasteiger partial charge in [-0.1, -0.05) is 189 Å².